The summed E-state index contributed by atoms with van der Waals surface area (Å²) in [5.41, 5.74) is 1.44. The summed E-state index contributed by atoms with van der Waals surface area (Å²) in [6, 6.07) is 15.4. The molecule has 122 valence electrons. The summed E-state index contributed by atoms with van der Waals surface area (Å²) in [7, 11) is 0. The van der Waals surface area contributed by atoms with Gasteiger partial charge in [0.2, 0.25) is 5.91 Å². The first-order valence-corrected chi connectivity index (χ1v) is 7.70. The standard InChI is InChI=1S/C19H17FN2O2/c1-13-12-14-6-2-5-9-17(14)22(19(13)24)11-10-18(23)21-16-8-4-3-7-15(16)20/h2-9,12H,10-11H2,1H3,(H,21,23). The number of rotatable bonds is 4. The molecule has 0 aliphatic rings. The van der Waals surface area contributed by atoms with Gasteiger partial charge in [-0.2, -0.15) is 0 Å². The van der Waals surface area contributed by atoms with Gasteiger partial charge in [-0.1, -0.05) is 30.3 Å². The molecule has 1 N–H and O–H groups in total. The molecule has 0 saturated carbocycles. The van der Waals surface area contributed by atoms with Gasteiger partial charge >= 0.3 is 0 Å². The van der Waals surface area contributed by atoms with E-state index in [1.165, 1.54) is 12.1 Å². The van der Waals surface area contributed by atoms with Crippen molar-refractivity contribution in [1.82, 2.24) is 4.57 Å². The highest BCUT2D eigenvalue weighted by molar-refractivity contribution is 5.90. The summed E-state index contributed by atoms with van der Waals surface area (Å²) >= 11 is 0. The lowest BCUT2D eigenvalue weighted by Crippen LogP contribution is -2.25. The number of fused-ring (bicyclic) bond motifs is 1. The first-order valence-electron chi connectivity index (χ1n) is 7.70. The lowest BCUT2D eigenvalue weighted by atomic mass is 10.1. The fraction of sp³-hybridized carbons (Fsp3) is 0.158. The Kier molecular flexibility index (Phi) is 4.42. The van der Waals surface area contributed by atoms with Gasteiger partial charge in [0.25, 0.3) is 5.56 Å². The van der Waals surface area contributed by atoms with Crippen LogP contribution in [-0.2, 0) is 11.3 Å². The number of nitrogens with one attached hydrogen (secondary N) is 1. The second-order valence-corrected chi connectivity index (χ2v) is 5.62. The molecule has 0 atom stereocenters. The van der Waals surface area contributed by atoms with Crippen molar-refractivity contribution in [3.63, 3.8) is 0 Å². The van der Waals surface area contributed by atoms with Crippen molar-refractivity contribution in [2.45, 2.75) is 19.9 Å². The van der Waals surface area contributed by atoms with Gasteiger partial charge in [-0.15, -0.1) is 0 Å². The number of carbonyl (C=O) groups is 1. The molecule has 0 aliphatic carbocycles. The van der Waals surface area contributed by atoms with Crippen molar-refractivity contribution in [3.05, 3.63) is 76.3 Å². The lowest BCUT2D eigenvalue weighted by molar-refractivity contribution is -0.116. The number of nitrogens with zero attached hydrogens (tertiary/aromatic N) is 1. The third-order valence-corrected chi connectivity index (χ3v) is 3.89. The number of pyridine rings is 1. The van der Waals surface area contributed by atoms with Crippen molar-refractivity contribution in [1.29, 1.82) is 0 Å². The zero-order valence-corrected chi connectivity index (χ0v) is 13.3. The number of hydrogen-bond donors (Lipinski definition) is 1. The number of para-hydroxylation sites is 2. The minimum absolute atomic E-state index is 0.0850. The lowest BCUT2D eigenvalue weighted by Gasteiger charge is -2.12. The Bertz CT molecular complexity index is 963. The highest BCUT2D eigenvalue weighted by Crippen LogP contribution is 2.15. The van der Waals surface area contributed by atoms with E-state index < -0.39 is 5.82 Å². The molecule has 3 rings (SSSR count). The molecule has 0 fully saturated rings. The Balaban J connectivity index is 1.81. The van der Waals surface area contributed by atoms with E-state index in [1.807, 2.05) is 30.3 Å². The van der Waals surface area contributed by atoms with Crippen molar-refractivity contribution < 1.29 is 9.18 Å². The molecule has 3 aromatic rings. The molecular formula is C19H17FN2O2. The molecule has 0 radical (unpaired) electrons. The predicted octanol–water partition coefficient (Wildman–Crippen LogP) is 3.48. The van der Waals surface area contributed by atoms with Gasteiger partial charge < -0.3 is 9.88 Å². The highest BCUT2D eigenvalue weighted by atomic mass is 19.1. The summed E-state index contributed by atoms with van der Waals surface area (Å²) in [6.07, 6.45) is 0.0850. The predicted molar refractivity (Wildman–Crippen MR) is 92.6 cm³/mol. The number of carbonyl (C=O) groups excluding carboxylic acids is 1. The fourth-order valence-corrected chi connectivity index (χ4v) is 2.68. The van der Waals surface area contributed by atoms with Gasteiger partial charge in [-0.05, 0) is 36.6 Å². The van der Waals surface area contributed by atoms with E-state index in [1.54, 1.807) is 23.6 Å². The van der Waals surface area contributed by atoms with Crippen molar-refractivity contribution >= 4 is 22.5 Å². The molecule has 0 bridgehead atoms. The van der Waals surface area contributed by atoms with Crippen LogP contribution in [0.5, 0.6) is 0 Å². The molecule has 0 saturated heterocycles. The molecule has 5 heteroatoms. The number of aromatic nitrogens is 1. The maximum atomic E-state index is 13.6. The first kappa shape index (κ1) is 15.9. The molecule has 2 aromatic carbocycles. The molecule has 24 heavy (non-hydrogen) atoms. The van der Waals surface area contributed by atoms with Crippen LogP contribution in [0.3, 0.4) is 0 Å². The molecular weight excluding hydrogens is 307 g/mol. The Morgan fingerprint density at radius 3 is 2.62 bits per heavy atom. The minimum atomic E-state index is -0.482. The SMILES string of the molecule is Cc1cc2ccccc2n(CCC(=O)Nc2ccccc2F)c1=O. The van der Waals surface area contributed by atoms with E-state index >= 15 is 0 Å². The smallest absolute Gasteiger partial charge is 0.253 e. The molecule has 0 aliphatic heterocycles. The van der Waals surface area contributed by atoms with E-state index in [0.29, 0.717) is 5.56 Å². The topological polar surface area (TPSA) is 51.1 Å². The Morgan fingerprint density at radius 2 is 1.83 bits per heavy atom. The summed E-state index contributed by atoms with van der Waals surface area (Å²) in [5, 5.41) is 3.48. The third-order valence-electron chi connectivity index (χ3n) is 3.89. The molecule has 1 aromatic heterocycles. The van der Waals surface area contributed by atoms with Gasteiger partial charge in [0.15, 0.2) is 0 Å². The van der Waals surface area contributed by atoms with Crippen molar-refractivity contribution in [2.24, 2.45) is 0 Å². The van der Waals surface area contributed by atoms with E-state index in [9.17, 15) is 14.0 Å². The zero-order chi connectivity index (χ0) is 17.1. The number of benzene rings is 2. The quantitative estimate of drug-likeness (QED) is 0.799. The monoisotopic (exact) mass is 324 g/mol. The second kappa shape index (κ2) is 6.66. The van der Waals surface area contributed by atoms with E-state index in [0.717, 1.165) is 10.9 Å². The normalized spacial score (nSPS) is 10.8. The van der Waals surface area contributed by atoms with Crippen molar-refractivity contribution in [3.8, 4) is 0 Å². The van der Waals surface area contributed by atoms with Crippen LogP contribution in [0.1, 0.15) is 12.0 Å². The summed E-state index contributed by atoms with van der Waals surface area (Å²) in [4.78, 5) is 24.5. The first-order chi connectivity index (χ1) is 11.6. The zero-order valence-electron chi connectivity index (χ0n) is 13.3. The van der Waals surface area contributed by atoms with Crippen LogP contribution < -0.4 is 10.9 Å². The number of hydrogen-bond acceptors (Lipinski definition) is 2. The minimum Gasteiger partial charge on any atom is -0.324 e. The van der Waals surface area contributed by atoms with Gasteiger partial charge in [0.05, 0.1) is 11.2 Å². The van der Waals surface area contributed by atoms with Crippen LogP contribution in [-0.4, -0.2) is 10.5 Å². The number of aryl methyl sites for hydroxylation is 2. The maximum Gasteiger partial charge on any atom is 0.253 e. The molecule has 1 heterocycles. The van der Waals surface area contributed by atoms with Gasteiger partial charge in [-0.25, -0.2) is 4.39 Å². The average Bonchev–Trinajstić information content (AvgIpc) is 2.57. The molecule has 0 unspecified atom stereocenters. The van der Waals surface area contributed by atoms with Crippen LogP contribution in [0, 0.1) is 12.7 Å². The van der Waals surface area contributed by atoms with Gasteiger partial charge in [0, 0.05) is 18.5 Å². The summed E-state index contributed by atoms with van der Waals surface area (Å²) in [6.45, 7) is 1.99. The Labute approximate surface area is 138 Å². The maximum absolute atomic E-state index is 13.6. The van der Waals surface area contributed by atoms with Crippen LogP contribution in [0.2, 0.25) is 0 Å². The molecule has 4 nitrogen and oxygen atoms in total. The fourth-order valence-electron chi connectivity index (χ4n) is 2.68. The second-order valence-electron chi connectivity index (χ2n) is 5.62. The van der Waals surface area contributed by atoms with E-state index in [-0.39, 0.29) is 30.1 Å². The summed E-state index contributed by atoms with van der Waals surface area (Å²) in [5.74, 6) is -0.818. The third kappa shape index (κ3) is 3.20. The van der Waals surface area contributed by atoms with Gasteiger partial charge in [-0.3, -0.25) is 9.59 Å². The van der Waals surface area contributed by atoms with Crippen LogP contribution in [0.4, 0.5) is 10.1 Å². The molecule has 1 amide bonds. The number of anilines is 1. The Morgan fingerprint density at radius 1 is 1.12 bits per heavy atom. The average molecular weight is 324 g/mol. The van der Waals surface area contributed by atoms with E-state index in [4.69, 9.17) is 0 Å². The van der Waals surface area contributed by atoms with Crippen LogP contribution >= 0.6 is 0 Å². The number of amides is 1. The molecule has 0 spiro atoms. The van der Waals surface area contributed by atoms with Gasteiger partial charge in [0.1, 0.15) is 5.82 Å². The van der Waals surface area contributed by atoms with Crippen LogP contribution in [0.25, 0.3) is 10.9 Å². The highest BCUT2D eigenvalue weighted by Gasteiger charge is 2.10. The van der Waals surface area contributed by atoms with Crippen LogP contribution in [0.15, 0.2) is 59.4 Å². The largest absolute Gasteiger partial charge is 0.324 e. The number of halogens is 1. The Hall–Kier alpha value is -2.95. The van der Waals surface area contributed by atoms with Crippen molar-refractivity contribution in [2.75, 3.05) is 5.32 Å². The van der Waals surface area contributed by atoms with E-state index in [2.05, 4.69) is 5.32 Å². The summed E-state index contributed by atoms with van der Waals surface area (Å²) < 4.78 is 15.2.